The number of esters is 1. The Morgan fingerprint density at radius 1 is 1.42 bits per heavy atom. The molecule has 1 aromatic heterocycles. The van der Waals surface area contributed by atoms with Crippen LogP contribution >= 0.6 is 40.1 Å². The highest BCUT2D eigenvalue weighted by molar-refractivity contribution is 8.93. The Bertz CT molecular complexity index is 557. The van der Waals surface area contributed by atoms with Crippen LogP contribution in [0, 0.1) is 0 Å². The average molecular weight is 363 g/mol. The molecule has 0 aliphatic rings. The van der Waals surface area contributed by atoms with Gasteiger partial charge in [0.05, 0.1) is 6.61 Å². The van der Waals surface area contributed by atoms with Crippen LogP contribution in [0.1, 0.15) is 13.3 Å². The van der Waals surface area contributed by atoms with Crippen LogP contribution < -0.4 is 4.57 Å². The number of rotatable bonds is 5. The van der Waals surface area contributed by atoms with E-state index in [0.717, 1.165) is 10.8 Å². The number of carbonyl (C=O) groups excluding carboxylic acids is 1. The molecule has 0 atom stereocenters. The van der Waals surface area contributed by atoms with Crippen LogP contribution in [0.5, 0.6) is 0 Å². The molecule has 0 unspecified atom stereocenters. The summed E-state index contributed by atoms with van der Waals surface area (Å²) in [5.41, 5.74) is 1.20. The van der Waals surface area contributed by atoms with Crippen molar-refractivity contribution in [3.05, 3.63) is 24.3 Å². The number of hydrogen-bond acceptors (Lipinski definition) is 4. The Balaban J connectivity index is 0.00000180. The number of thioether (sulfide) groups is 1. The maximum Gasteiger partial charge on any atom is 0.316 e. The summed E-state index contributed by atoms with van der Waals surface area (Å²) in [6, 6.07) is 8.24. The van der Waals surface area contributed by atoms with E-state index in [2.05, 4.69) is 16.7 Å². The molecule has 1 aromatic carbocycles. The second-order valence-corrected chi connectivity index (χ2v) is 6.16. The summed E-state index contributed by atoms with van der Waals surface area (Å²) < 4.78 is 9.55. The van der Waals surface area contributed by atoms with E-state index in [1.54, 1.807) is 11.3 Å². The third-order valence-corrected chi connectivity index (χ3v) is 5.00. The third-order valence-electron chi connectivity index (χ3n) is 2.48. The third kappa shape index (κ3) is 4.19. The molecule has 0 amide bonds. The van der Waals surface area contributed by atoms with Crippen molar-refractivity contribution in [2.75, 3.05) is 12.4 Å². The highest BCUT2D eigenvalue weighted by atomic mass is 79.9. The Morgan fingerprint density at radius 3 is 2.84 bits per heavy atom. The topological polar surface area (TPSA) is 30.2 Å². The number of benzene rings is 1. The zero-order chi connectivity index (χ0) is 13.0. The maximum absolute atomic E-state index is 11.5. The molecule has 0 radical (unpaired) electrons. The molecule has 6 heteroatoms. The fourth-order valence-electron chi connectivity index (χ4n) is 1.59. The van der Waals surface area contributed by atoms with E-state index in [1.807, 2.05) is 26.1 Å². The van der Waals surface area contributed by atoms with Crippen molar-refractivity contribution in [2.45, 2.75) is 17.7 Å². The standard InChI is InChI=1S/C13H16NO2S2.BrH/c1-3-8-16-12(15)9-17-13-14(2)10-6-4-5-7-11(10)18-13;/h4-7H,3,8-9H2,1-2H3;1H/q+1;. The second kappa shape index (κ2) is 7.87. The molecule has 0 N–H and O–H groups in total. The fourth-order valence-corrected chi connectivity index (χ4v) is 3.76. The predicted octanol–water partition coefficient (Wildman–Crippen LogP) is 3.35. The van der Waals surface area contributed by atoms with Crippen molar-refractivity contribution in [2.24, 2.45) is 7.05 Å². The fraction of sp³-hybridized carbons (Fsp3) is 0.385. The van der Waals surface area contributed by atoms with Gasteiger partial charge in [0.25, 0.3) is 4.34 Å². The zero-order valence-corrected chi connectivity index (χ0v) is 14.3. The molecule has 0 spiro atoms. The normalized spacial score (nSPS) is 10.2. The summed E-state index contributed by atoms with van der Waals surface area (Å²) in [5, 5.41) is 0. The molecule has 0 saturated heterocycles. The summed E-state index contributed by atoms with van der Waals surface area (Å²) >= 11 is 3.25. The molecule has 0 saturated carbocycles. The number of halogens is 1. The lowest BCUT2D eigenvalue weighted by atomic mass is 10.3. The van der Waals surface area contributed by atoms with Crippen LogP contribution in [0.3, 0.4) is 0 Å². The Hall–Kier alpha value is -0.590. The number of hydrogen-bond donors (Lipinski definition) is 0. The first kappa shape index (κ1) is 16.5. The predicted molar refractivity (Wildman–Crippen MR) is 85.3 cm³/mol. The molecule has 2 aromatic rings. The van der Waals surface area contributed by atoms with Crippen molar-refractivity contribution in [3.63, 3.8) is 0 Å². The molecule has 0 aliphatic heterocycles. The van der Waals surface area contributed by atoms with Crippen LogP contribution in [0.2, 0.25) is 0 Å². The van der Waals surface area contributed by atoms with Gasteiger partial charge in [-0.15, -0.1) is 17.0 Å². The van der Waals surface area contributed by atoms with Gasteiger partial charge in [0, 0.05) is 6.07 Å². The number of aromatic nitrogens is 1. The molecule has 2 rings (SSSR count). The smallest absolute Gasteiger partial charge is 0.316 e. The number of nitrogens with zero attached hydrogens (tertiary/aromatic N) is 1. The minimum atomic E-state index is -0.140. The summed E-state index contributed by atoms with van der Waals surface area (Å²) in [4.78, 5) is 11.5. The van der Waals surface area contributed by atoms with Crippen molar-refractivity contribution < 1.29 is 14.1 Å². The molecule has 1 heterocycles. The Labute approximate surface area is 131 Å². The van der Waals surface area contributed by atoms with E-state index in [9.17, 15) is 4.79 Å². The molecule has 0 fully saturated rings. The monoisotopic (exact) mass is 362 g/mol. The average Bonchev–Trinajstić information content (AvgIpc) is 2.71. The highest BCUT2D eigenvalue weighted by Gasteiger charge is 2.18. The van der Waals surface area contributed by atoms with Gasteiger partial charge in [0.1, 0.15) is 17.5 Å². The van der Waals surface area contributed by atoms with E-state index < -0.39 is 0 Å². The molecule has 104 valence electrons. The van der Waals surface area contributed by atoms with Gasteiger partial charge in [-0.3, -0.25) is 4.79 Å². The van der Waals surface area contributed by atoms with Gasteiger partial charge in [-0.1, -0.05) is 30.4 Å². The number of para-hydroxylation sites is 1. The van der Waals surface area contributed by atoms with E-state index in [4.69, 9.17) is 4.74 Å². The number of aryl methyl sites for hydroxylation is 1. The van der Waals surface area contributed by atoms with Gasteiger partial charge >= 0.3 is 5.97 Å². The minimum Gasteiger partial charge on any atom is -0.465 e. The second-order valence-electron chi connectivity index (χ2n) is 3.90. The van der Waals surface area contributed by atoms with Gasteiger partial charge in [0.2, 0.25) is 5.52 Å². The zero-order valence-electron chi connectivity index (χ0n) is 10.9. The minimum absolute atomic E-state index is 0. The van der Waals surface area contributed by atoms with Crippen molar-refractivity contribution in [1.29, 1.82) is 0 Å². The Kier molecular flexibility index (Phi) is 6.82. The summed E-state index contributed by atoms with van der Waals surface area (Å²) in [5.74, 6) is 0.236. The van der Waals surface area contributed by atoms with Crippen molar-refractivity contribution in [3.8, 4) is 0 Å². The number of ether oxygens (including phenoxy) is 1. The number of fused-ring (bicyclic) bond motifs is 1. The van der Waals surface area contributed by atoms with Crippen LogP contribution in [0.4, 0.5) is 0 Å². The maximum atomic E-state index is 11.5. The summed E-state index contributed by atoms with van der Waals surface area (Å²) in [6.45, 7) is 2.50. The first-order valence-corrected chi connectivity index (χ1v) is 7.68. The SMILES string of the molecule is Br.CCCOC(=O)CSc1sc2ccccc2[n+]1C. The largest absolute Gasteiger partial charge is 0.465 e. The summed E-state index contributed by atoms with van der Waals surface area (Å²) in [7, 11) is 2.03. The number of carbonyl (C=O) groups is 1. The molecular formula is C13H17BrNO2S2+. The van der Waals surface area contributed by atoms with Gasteiger partial charge in [-0.2, -0.15) is 4.57 Å². The van der Waals surface area contributed by atoms with Crippen LogP contribution in [-0.4, -0.2) is 18.3 Å². The van der Waals surface area contributed by atoms with Gasteiger partial charge < -0.3 is 4.74 Å². The molecule has 0 aliphatic carbocycles. The van der Waals surface area contributed by atoms with E-state index in [0.29, 0.717) is 12.4 Å². The Morgan fingerprint density at radius 2 is 2.16 bits per heavy atom. The lowest BCUT2D eigenvalue weighted by molar-refractivity contribution is -0.676. The van der Waals surface area contributed by atoms with Gasteiger partial charge in [0.15, 0.2) is 0 Å². The van der Waals surface area contributed by atoms with Gasteiger partial charge in [-0.05, 0) is 24.2 Å². The molecule has 0 bridgehead atoms. The quantitative estimate of drug-likeness (QED) is 0.464. The molecule has 3 nitrogen and oxygen atoms in total. The molecular weight excluding hydrogens is 346 g/mol. The molecule has 19 heavy (non-hydrogen) atoms. The van der Waals surface area contributed by atoms with Crippen LogP contribution in [0.15, 0.2) is 28.6 Å². The van der Waals surface area contributed by atoms with Crippen LogP contribution in [0.25, 0.3) is 10.2 Å². The first-order valence-electron chi connectivity index (χ1n) is 5.88. The summed E-state index contributed by atoms with van der Waals surface area (Å²) in [6.07, 6.45) is 0.868. The highest BCUT2D eigenvalue weighted by Crippen LogP contribution is 2.27. The van der Waals surface area contributed by atoms with E-state index >= 15 is 0 Å². The lowest BCUT2D eigenvalue weighted by Gasteiger charge is -1.99. The van der Waals surface area contributed by atoms with E-state index in [-0.39, 0.29) is 23.0 Å². The lowest BCUT2D eigenvalue weighted by Crippen LogP contribution is -2.28. The van der Waals surface area contributed by atoms with Crippen molar-refractivity contribution in [1.82, 2.24) is 0 Å². The van der Waals surface area contributed by atoms with Crippen molar-refractivity contribution >= 4 is 56.3 Å². The van der Waals surface area contributed by atoms with E-state index in [1.165, 1.54) is 22.0 Å². The van der Waals surface area contributed by atoms with Gasteiger partial charge in [-0.25, -0.2) is 0 Å². The first-order chi connectivity index (χ1) is 8.72. The number of thiazole rings is 1. The van der Waals surface area contributed by atoms with Crippen LogP contribution in [-0.2, 0) is 16.6 Å².